The summed E-state index contributed by atoms with van der Waals surface area (Å²) in [4.78, 5) is 0. The maximum atomic E-state index is 5.75. The highest BCUT2D eigenvalue weighted by Crippen LogP contribution is 2.27. The van der Waals surface area contributed by atoms with Crippen molar-refractivity contribution < 1.29 is 0 Å². The highest BCUT2D eigenvalue weighted by molar-refractivity contribution is 4.75. The zero-order valence-corrected chi connectivity index (χ0v) is 9.76. The quantitative estimate of drug-likeness (QED) is 0.585. The topological polar surface area (TPSA) is 38.0 Å². The summed E-state index contributed by atoms with van der Waals surface area (Å²) in [5.74, 6) is 2.50. The van der Waals surface area contributed by atoms with E-state index < -0.39 is 0 Å². The monoisotopic (exact) mass is 198 g/mol. The van der Waals surface area contributed by atoms with Crippen molar-refractivity contribution in [3.8, 4) is 0 Å². The Morgan fingerprint density at radius 1 is 1.36 bits per heavy atom. The van der Waals surface area contributed by atoms with Crippen LogP contribution in [0.4, 0.5) is 0 Å². The van der Waals surface area contributed by atoms with E-state index in [0.717, 1.165) is 30.8 Å². The minimum atomic E-state index is 0.724. The Balaban J connectivity index is 1.95. The Morgan fingerprint density at radius 3 is 2.57 bits per heavy atom. The summed E-state index contributed by atoms with van der Waals surface area (Å²) in [6.07, 6.45) is 5.42. The lowest BCUT2D eigenvalue weighted by Gasteiger charge is -2.17. The third-order valence-corrected chi connectivity index (χ3v) is 3.00. The van der Waals surface area contributed by atoms with E-state index >= 15 is 0 Å². The fraction of sp³-hybridized carbons (Fsp3) is 1.00. The summed E-state index contributed by atoms with van der Waals surface area (Å²) in [6.45, 7) is 7.80. The van der Waals surface area contributed by atoms with E-state index in [1.807, 2.05) is 0 Å². The van der Waals surface area contributed by atoms with Crippen molar-refractivity contribution in [2.24, 2.45) is 23.5 Å². The first-order chi connectivity index (χ1) is 6.72. The Hall–Kier alpha value is -0.0800. The van der Waals surface area contributed by atoms with Crippen LogP contribution in [0.1, 0.15) is 39.5 Å². The van der Waals surface area contributed by atoms with Gasteiger partial charge in [-0.15, -0.1) is 0 Å². The molecule has 0 radical (unpaired) electrons. The van der Waals surface area contributed by atoms with Crippen molar-refractivity contribution in [3.63, 3.8) is 0 Å². The van der Waals surface area contributed by atoms with Gasteiger partial charge in [-0.2, -0.15) is 0 Å². The zero-order chi connectivity index (χ0) is 10.4. The lowest BCUT2D eigenvalue weighted by atomic mass is 9.94. The largest absolute Gasteiger partial charge is 0.330 e. The van der Waals surface area contributed by atoms with E-state index in [1.165, 1.54) is 32.2 Å². The molecule has 1 unspecified atom stereocenters. The van der Waals surface area contributed by atoms with Gasteiger partial charge in [0.05, 0.1) is 0 Å². The molecule has 0 aromatic carbocycles. The highest BCUT2D eigenvalue weighted by Gasteiger charge is 2.20. The summed E-state index contributed by atoms with van der Waals surface area (Å²) in [7, 11) is 0. The minimum Gasteiger partial charge on any atom is -0.330 e. The minimum absolute atomic E-state index is 0.724. The molecule has 1 aliphatic rings. The van der Waals surface area contributed by atoms with Gasteiger partial charge in [-0.05, 0) is 63.1 Å². The van der Waals surface area contributed by atoms with Gasteiger partial charge < -0.3 is 11.1 Å². The lowest BCUT2D eigenvalue weighted by Crippen LogP contribution is -2.24. The van der Waals surface area contributed by atoms with Crippen molar-refractivity contribution in [2.75, 3.05) is 19.6 Å². The fourth-order valence-corrected chi connectivity index (χ4v) is 1.93. The molecule has 0 heterocycles. The second-order valence-corrected chi connectivity index (χ2v) is 5.17. The first-order valence-electron chi connectivity index (χ1n) is 6.13. The third-order valence-electron chi connectivity index (χ3n) is 3.00. The van der Waals surface area contributed by atoms with Gasteiger partial charge in [0.25, 0.3) is 0 Å². The van der Waals surface area contributed by atoms with Crippen LogP contribution >= 0.6 is 0 Å². The van der Waals surface area contributed by atoms with Crippen LogP contribution in [0.15, 0.2) is 0 Å². The van der Waals surface area contributed by atoms with Gasteiger partial charge in [-0.3, -0.25) is 0 Å². The summed E-state index contributed by atoms with van der Waals surface area (Å²) in [5.41, 5.74) is 5.75. The molecule has 0 aliphatic heterocycles. The Bertz CT molecular complexity index is 141. The van der Waals surface area contributed by atoms with Crippen LogP contribution in [0, 0.1) is 17.8 Å². The SMILES string of the molecule is CC(C)CC(CN)CCNCC1CC1. The molecule has 0 amide bonds. The summed E-state index contributed by atoms with van der Waals surface area (Å²) in [5, 5.41) is 3.53. The van der Waals surface area contributed by atoms with Crippen molar-refractivity contribution in [2.45, 2.75) is 39.5 Å². The van der Waals surface area contributed by atoms with Crippen LogP contribution in [0.2, 0.25) is 0 Å². The molecule has 1 saturated carbocycles. The summed E-state index contributed by atoms with van der Waals surface area (Å²) in [6, 6.07) is 0. The number of nitrogens with one attached hydrogen (secondary N) is 1. The van der Waals surface area contributed by atoms with Crippen molar-refractivity contribution in [3.05, 3.63) is 0 Å². The van der Waals surface area contributed by atoms with Crippen LogP contribution in [-0.2, 0) is 0 Å². The Labute approximate surface area is 88.6 Å². The molecule has 0 aromatic rings. The van der Waals surface area contributed by atoms with Gasteiger partial charge in [-0.25, -0.2) is 0 Å². The van der Waals surface area contributed by atoms with E-state index in [1.54, 1.807) is 0 Å². The summed E-state index contributed by atoms with van der Waals surface area (Å²) >= 11 is 0. The van der Waals surface area contributed by atoms with Crippen LogP contribution in [0.25, 0.3) is 0 Å². The van der Waals surface area contributed by atoms with Gasteiger partial charge >= 0.3 is 0 Å². The number of nitrogens with two attached hydrogens (primary N) is 1. The Morgan fingerprint density at radius 2 is 2.07 bits per heavy atom. The van der Waals surface area contributed by atoms with Gasteiger partial charge in [0.1, 0.15) is 0 Å². The van der Waals surface area contributed by atoms with Crippen molar-refractivity contribution in [1.29, 1.82) is 0 Å². The van der Waals surface area contributed by atoms with E-state index in [9.17, 15) is 0 Å². The molecule has 1 atom stereocenters. The predicted molar refractivity (Wildman–Crippen MR) is 62.2 cm³/mol. The molecule has 0 saturated heterocycles. The van der Waals surface area contributed by atoms with Crippen LogP contribution in [0.5, 0.6) is 0 Å². The molecule has 0 bridgehead atoms. The molecule has 0 aromatic heterocycles. The van der Waals surface area contributed by atoms with Crippen molar-refractivity contribution >= 4 is 0 Å². The van der Waals surface area contributed by atoms with Gasteiger partial charge in [0.15, 0.2) is 0 Å². The van der Waals surface area contributed by atoms with Gasteiger partial charge in [-0.1, -0.05) is 13.8 Å². The number of rotatable bonds is 8. The third kappa shape index (κ3) is 5.61. The van der Waals surface area contributed by atoms with E-state index in [4.69, 9.17) is 5.73 Å². The summed E-state index contributed by atoms with van der Waals surface area (Å²) < 4.78 is 0. The molecule has 1 fully saturated rings. The van der Waals surface area contributed by atoms with Crippen LogP contribution < -0.4 is 11.1 Å². The first kappa shape index (κ1) is 12.0. The normalized spacial score (nSPS) is 18.9. The second-order valence-electron chi connectivity index (χ2n) is 5.17. The van der Waals surface area contributed by atoms with Crippen LogP contribution in [0.3, 0.4) is 0 Å². The van der Waals surface area contributed by atoms with Crippen LogP contribution in [-0.4, -0.2) is 19.6 Å². The van der Waals surface area contributed by atoms with E-state index in [-0.39, 0.29) is 0 Å². The molecule has 3 N–H and O–H groups in total. The average molecular weight is 198 g/mol. The number of hydrogen-bond donors (Lipinski definition) is 2. The molecule has 2 nitrogen and oxygen atoms in total. The molecule has 2 heteroatoms. The molecule has 84 valence electrons. The maximum absolute atomic E-state index is 5.75. The molecule has 14 heavy (non-hydrogen) atoms. The molecule has 1 aliphatic carbocycles. The molecular weight excluding hydrogens is 172 g/mol. The Kier molecular flexibility index (Phi) is 5.49. The first-order valence-corrected chi connectivity index (χ1v) is 6.13. The van der Waals surface area contributed by atoms with E-state index in [0.29, 0.717) is 0 Å². The second kappa shape index (κ2) is 6.41. The predicted octanol–water partition coefficient (Wildman–Crippen LogP) is 2.00. The molecular formula is C12H26N2. The van der Waals surface area contributed by atoms with E-state index in [2.05, 4.69) is 19.2 Å². The standard InChI is InChI=1S/C12H26N2/c1-10(2)7-12(8-13)5-6-14-9-11-3-4-11/h10-12,14H,3-9,13H2,1-2H3. The van der Waals surface area contributed by atoms with Crippen molar-refractivity contribution in [1.82, 2.24) is 5.32 Å². The number of hydrogen-bond acceptors (Lipinski definition) is 2. The molecule has 0 spiro atoms. The smallest absolute Gasteiger partial charge is 0.00205 e. The van der Waals surface area contributed by atoms with Gasteiger partial charge in [0.2, 0.25) is 0 Å². The maximum Gasteiger partial charge on any atom is -0.00205 e. The van der Waals surface area contributed by atoms with Gasteiger partial charge in [0, 0.05) is 0 Å². The average Bonchev–Trinajstić information content (AvgIpc) is 2.93. The fourth-order valence-electron chi connectivity index (χ4n) is 1.93. The lowest BCUT2D eigenvalue weighted by molar-refractivity contribution is 0.385. The molecule has 1 rings (SSSR count). The highest BCUT2D eigenvalue weighted by atomic mass is 14.9. The zero-order valence-electron chi connectivity index (χ0n) is 9.76.